The molecule has 7 nitrogen and oxygen atoms in total. The molecule has 0 N–H and O–H groups in total. The van der Waals surface area contributed by atoms with Crippen LogP contribution in [-0.4, -0.2) is 64.6 Å². The van der Waals surface area contributed by atoms with Gasteiger partial charge in [-0.05, 0) is 43.4 Å². The Balaban J connectivity index is 1.11. The molecule has 1 aromatic carbocycles. The Morgan fingerprint density at radius 2 is 1.82 bits per heavy atom. The molecule has 1 fully saturated rings. The van der Waals surface area contributed by atoms with Crippen molar-refractivity contribution in [3.05, 3.63) is 57.5 Å². The molecule has 8 heteroatoms. The van der Waals surface area contributed by atoms with E-state index in [-0.39, 0.29) is 11.5 Å². The van der Waals surface area contributed by atoms with Crippen molar-refractivity contribution < 1.29 is 9.53 Å². The van der Waals surface area contributed by atoms with Crippen LogP contribution in [0, 0.1) is 0 Å². The van der Waals surface area contributed by atoms with Crippen molar-refractivity contribution in [3.63, 3.8) is 0 Å². The van der Waals surface area contributed by atoms with E-state index in [1.165, 1.54) is 16.9 Å². The largest absolute Gasteiger partial charge is 0.492 e. The molecular formula is C25H30N4O3S. The number of aromatic nitrogens is 2. The van der Waals surface area contributed by atoms with Crippen LogP contribution in [0.25, 0.3) is 10.2 Å². The molecule has 2 aromatic heterocycles. The minimum Gasteiger partial charge on any atom is -0.492 e. The lowest BCUT2D eigenvalue weighted by molar-refractivity contribution is -0.133. The maximum Gasteiger partial charge on any atom is 0.262 e. The molecule has 1 amide bonds. The summed E-state index contributed by atoms with van der Waals surface area (Å²) >= 11 is 1.66. The second kappa shape index (κ2) is 10.1. The SMILES string of the molecule is O=C(CCn1cnc2sc3c(c2c1=O)CCCC3)N1CCN(CCOc2ccccc2)CC1. The van der Waals surface area contributed by atoms with Crippen LogP contribution in [0.3, 0.4) is 0 Å². The fraction of sp³-hybridized carbons (Fsp3) is 0.480. The molecule has 0 unspecified atom stereocenters. The van der Waals surface area contributed by atoms with Crippen molar-refractivity contribution in [2.24, 2.45) is 0 Å². The van der Waals surface area contributed by atoms with Crippen molar-refractivity contribution in [3.8, 4) is 5.75 Å². The van der Waals surface area contributed by atoms with Crippen molar-refractivity contribution in [1.82, 2.24) is 19.4 Å². The van der Waals surface area contributed by atoms with Crippen LogP contribution in [0.1, 0.15) is 29.7 Å². The number of amides is 1. The molecule has 1 aliphatic carbocycles. The number of piperazine rings is 1. The first-order valence-corrected chi connectivity index (χ1v) is 12.7. The summed E-state index contributed by atoms with van der Waals surface area (Å²) in [6.07, 6.45) is 6.29. The van der Waals surface area contributed by atoms with Gasteiger partial charge in [0.2, 0.25) is 5.91 Å². The number of carbonyl (C=O) groups is 1. The van der Waals surface area contributed by atoms with Crippen molar-refractivity contribution >= 4 is 27.5 Å². The highest BCUT2D eigenvalue weighted by Gasteiger charge is 2.22. The average Bonchev–Trinajstić information content (AvgIpc) is 3.24. The fourth-order valence-corrected chi connectivity index (χ4v) is 5.96. The summed E-state index contributed by atoms with van der Waals surface area (Å²) < 4.78 is 7.41. The van der Waals surface area contributed by atoms with E-state index in [1.807, 2.05) is 35.2 Å². The third-order valence-corrected chi connectivity index (χ3v) is 7.85. The molecule has 0 spiro atoms. The number of carbonyl (C=O) groups excluding carboxylic acids is 1. The first-order valence-electron chi connectivity index (χ1n) is 11.9. The maximum atomic E-state index is 13.1. The Morgan fingerprint density at radius 3 is 2.64 bits per heavy atom. The molecule has 33 heavy (non-hydrogen) atoms. The lowest BCUT2D eigenvalue weighted by Crippen LogP contribution is -2.49. The van der Waals surface area contributed by atoms with E-state index in [9.17, 15) is 9.59 Å². The monoisotopic (exact) mass is 466 g/mol. The Morgan fingerprint density at radius 1 is 1.03 bits per heavy atom. The lowest BCUT2D eigenvalue weighted by atomic mass is 9.97. The summed E-state index contributed by atoms with van der Waals surface area (Å²) in [5.74, 6) is 0.992. The Labute approximate surface area is 197 Å². The maximum absolute atomic E-state index is 13.1. The van der Waals surface area contributed by atoms with Gasteiger partial charge in [0.15, 0.2) is 0 Å². The van der Waals surface area contributed by atoms with E-state index in [1.54, 1.807) is 22.2 Å². The van der Waals surface area contributed by atoms with E-state index in [0.29, 0.717) is 32.7 Å². The number of thiophene rings is 1. The van der Waals surface area contributed by atoms with E-state index in [4.69, 9.17) is 4.74 Å². The number of nitrogens with zero attached hydrogens (tertiary/aromatic N) is 4. The first kappa shape index (κ1) is 22.1. The van der Waals surface area contributed by atoms with Gasteiger partial charge in [0, 0.05) is 50.6 Å². The zero-order valence-corrected chi connectivity index (χ0v) is 19.7. The Kier molecular flexibility index (Phi) is 6.73. The molecule has 2 aliphatic rings. The molecular weight excluding hydrogens is 436 g/mol. The van der Waals surface area contributed by atoms with Crippen LogP contribution in [0.5, 0.6) is 5.75 Å². The van der Waals surface area contributed by atoms with Crippen LogP contribution < -0.4 is 10.3 Å². The van der Waals surface area contributed by atoms with Gasteiger partial charge in [-0.1, -0.05) is 18.2 Å². The molecule has 174 valence electrons. The fourth-order valence-electron chi connectivity index (χ4n) is 4.74. The van der Waals surface area contributed by atoms with Crippen molar-refractivity contribution in [2.75, 3.05) is 39.3 Å². The van der Waals surface area contributed by atoms with E-state index >= 15 is 0 Å². The van der Waals surface area contributed by atoms with Gasteiger partial charge in [0.1, 0.15) is 17.2 Å². The summed E-state index contributed by atoms with van der Waals surface area (Å²) in [5, 5.41) is 0.788. The molecule has 1 saturated heterocycles. The number of para-hydroxylation sites is 1. The second-order valence-corrected chi connectivity index (χ2v) is 9.85. The highest BCUT2D eigenvalue weighted by atomic mass is 32.1. The second-order valence-electron chi connectivity index (χ2n) is 8.77. The highest BCUT2D eigenvalue weighted by Crippen LogP contribution is 2.33. The number of aryl methyl sites for hydroxylation is 3. The van der Waals surface area contributed by atoms with Gasteiger partial charge in [-0.25, -0.2) is 4.98 Å². The van der Waals surface area contributed by atoms with E-state index < -0.39 is 0 Å². The number of ether oxygens (including phenoxy) is 1. The zero-order valence-electron chi connectivity index (χ0n) is 18.9. The van der Waals surface area contributed by atoms with E-state index in [2.05, 4.69) is 9.88 Å². The van der Waals surface area contributed by atoms with Gasteiger partial charge in [-0.2, -0.15) is 0 Å². The smallest absolute Gasteiger partial charge is 0.262 e. The van der Waals surface area contributed by atoms with Crippen LogP contribution in [0.2, 0.25) is 0 Å². The van der Waals surface area contributed by atoms with Crippen molar-refractivity contribution in [1.29, 1.82) is 0 Å². The van der Waals surface area contributed by atoms with Gasteiger partial charge >= 0.3 is 0 Å². The molecule has 5 rings (SSSR count). The van der Waals surface area contributed by atoms with Gasteiger partial charge in [0.05, 0.1) is 11.7 Å². The quantitative estimate of drug-likeness (QED) is 0.536. The molecule has 0 atom stereocenters. The topological polar surface area (TPSA) is 67.7 Å². The summed E-state index contributed by atoms with van der Waals surface area (Å²) in [6, 6.07) is 9.83. The average molecular weight is 467 g/mol. The van der Waals surface area contributed by atoms with Crippen LogP contribution in [0.15, 0.2) is 41.5 Å². The minimum atomic E-state index is 0.00966. The Bertz CT molecular complexity index is 1170. The van der Waals surface area contributed by atoms with Crippen LogP contribution >= 0.6 is 11.3 Å². The van der Waals surface area contributed by atoms with Gasteiger partial charge < -0.3 is 9.64 Å². The molecule has 3 heterocycles. The molecule has 0 saturated carbocycles. The third kappa shape index (κ3) is 4.96. The Hall–Kier alpha value is -2.71. The number of benzene rings is 1. The molecule has 1 aliphatic heterocycles. The predicted molar refractivity (Wildman–Crippen MR) is 130 cm³/mol. The molecule has 0 radical (unpaired) electrons. The van der Waals surface area contributed by atoms with Crippen LogP contribution in [0.4, 0.5) is 0 Å². The van der Waals surface area contributed by atoms with Gasteiger partial charge in [-0.15, -0.1) is 11.3 Å². The van der Waals surface area contributed by atoms with Gasteiger partial charge in [-0.3, -0.25) is 19.1 Å². The van der Waals surface area contributed by atoms with Crippen molar-refractivity contribution in [2.45, 2.75) is 38.6 Å². The number of fused-ring (bicyclic) bond motifs is 3. The normalized spacial score (nSPS) is 16.7. The molecule has 0 bridgehead atoms. The molecule has 3 aromatic rings. The number of hydrogen-bond acceptors (Lipinski definition) is 6. The third-order valence-electron chi connectivity index (χ3n) is 6.65. The standard InChI is InChI=1S/C25H30N4O3S/c30-22(28-14-12-27(13-15-28)16-17-32-19-6-2-1-3-7-19)10-11-29-18-26-24-23(25(29)31)20-8-4-5-9-21(20)33-24/h1-3,6-7,18H,4-5,8-17H2. The van der Waals surface area contributed by atoms with Gasteiger partial charge in [0.25, 0.3) is 5.56 Å². The number of hydrogen-bond donors (Lipinski definition) is 0. The summed E-state index contributed by atoms with van der Waals surface area (Å²) in [5.41, 5.74) is 1.21. The lowest BCUT2D eigenvalue weighted by Gasteiger charge is -2.34. The highest BCUT2D eigenvalue weighted by molar-refractivity contribution is 7.18. The van der Waals surface area contributed by atoms with E-state index in [0.717, 1.165) is 54.9 Å². The van der Waals surface area contributed by atoms with Crippen LogP contribution in [-0.2, 0) is 24.2 Å². The minimum absolute atomic E-state index is 0.00966. The summed E-state index contributed by atoms with van der Waals surface area (Å²) in [4.78, 5) is 36.8. The number of rotatable bonds is 7. The summed E-state index contributed by atoms with van der Waals surface area (Å²) in [6.45, 7) is 5.00. The zero-order chi connectivity index (χ0) is 22.6. The predicted octanol–water partition coefficient (Wildman–Crippen LogP) is 2.95. The first-order chi connectivity index (χ1) is 16.2. The summed E-state index contributed by atoms with van der Waals surface area (Å²) in [7, 11) is 0.